The van der Waals surface area contributed by atoms with Gasteiger partial charge in [0.1, 0.15) is 5.76 Å². The fourth-order valence-corrected chi connectivity index (χ4v) is 2.32. The SMILES string of the molecule is COC1=C(C)[C@]2(CCl)CC2N=C1. The number of ether oxygens (including phenoxy) is 1. The van der Waals surface area contributed by atoms with Crippen LogP contribution >= 0.6 is 11.6 Å². The first kappa shape index (κ1) is 8.11. The number of fused-ring (bicyclic) bond motifs is 1. The molecule has 12 heavy (non-hydrogen) atoms. The Kier molecular flexibility index (Phi) is 1.69. The summed E-state index contributed by atoms with van der Waals surface area (Å²) in [6.45, 7) is 2.09. The van der Waals surface area contributed by atoms with E-state index in [2.05, 4.69) is 11.9 Å². The van der Waals surface area contributed by atoms with Crippen LogP contribution in [0.25, 0.3) is 0 Å². The number of hydrogen-bond acceptors (Lipinski definition) is 2. The van der Waals surface area contributed by atoms with Gasteiger partial charge >= 0.3 is 0 Å². The van der Waals surface area contributed by atoms with Crippen molar-refractivity contribution >= 4 is 17.8 Å². The number of hydrogen-bond donors (Lipinski definition) is 0. The van der Waals surface area contributed by atoms with E-state index in [1.54, 1.807) is 7.11 Å². The van der Waals surface area contributed by atoms with Gasteiger partial charge in [0.2, 0.25) is 0 Å². The van der Waals surface area contributed by atoms with Crippen molar-refractivity contribution in [3.8, 4) is 0 Å². The van der Waals surface area contributed by atoms with Crippen molar-refractivity contribution in [2.75, 3.05) is 13.0 Å². The van der Waals surface area contributed by atoms with E-state index in [0.29, 0.717) is 11.9 Å². The second-order valence-electron chi connectivity index (χ2n) is 3.48. The van der Waals surface area contributed by atoms with Gasteiger partial charge in [-0.25, -0.2) is 0 Å². The van der Waals surface area contributed by atoms with Crippen molar-refractivity contribution in [3.63, 3.8) is 0 Å². The van der Waals surface area contributed by atoms with Crippen LogP contribution in [0, 0.1) is 5.41 Å². The van der Waals surface area contributed by atoms with Crippen LogP contribution in [0.15, 0.2) is 16.3 Å². The number of nitrogens with zero attached hydrogens (tertiary/aromatic N) is 1. The molecule has 1 saturated carbocycles. The molecular formula is C9H12ClNO. The van der Waals surface area contributed by atoms with E-state index in [1.807, 2.05) is 6.21 Å². The van der Waals surface area contributed by atoms with Crippen molar-refractivity contribution in [1.29, 1.82) is 0 Å². The lowest BCUT2D eigenvalue weighted by Crippen LogP contribution is -2.17. The van der Waals surface area contributed by atoms with E-state index in [0.717, 1.165) is 12.2 Å². The zero-order chi connectivity index (χ0) is 8.77. The molecule has 1 aliphatic carbocycles. The molecule has 0 amide bonds. The Bertz CT molecular complexity index is 272. The van der Waals surface area contributed by atoms with Gasteiger partial charge in [-0.3, -0.25) is 4.99 Å². The van der Waals surface area contributed by atoms with Gasteiger partial charge < -0.3 is 4.74 Å². The Morgan fingerprint density at radius 1 is 1.83 bits per heavy atom. The minimum Gasteiger partial charge on any atom is -0.495 e. The summed E-state index contributed by atoms with van der Waals surface area (Å²) in [6.07, 6.45) is 2.91. The van der Waals surface area contributed by atoms with Crippen molar-refractivity contribution in [2.24, 2.45) is 10.4 Å². The largest absolute Gasteiger partial charge is 0.495 e. The number of rotatable bonds is 2. The first-order valence-corrected chi connectivity index (χ1v) is 4.62. The topological polar surface area (TPSA) is 21.6 Å². The molecule has 2 atom stereocenters. The maximum absolute atomic E-state index is 5.92. The van der Waals surface area contributed by atoms with Crippen molar-refractivity contribution in [2.45, 2.75) is 19.4 Å². The van der Waals surface area contributed by atoms with Gasteiger partial charge in [-0.05, 0) is 18.9 Å². The number of dihydropyridines is 1. The Hall–Kier alpha value is -0.500. The first-order valence-electron chi connectivity index (χ1n) is 4.09. The molecule has 66 valence electrons. The smallest absolute Gasteiger partial charge is 0.136 e. The van der Waals surface area contributed by atoms with Crippen molar-refractivity contribution in [1.82, 2.24) is 0 Å². The molecule has 0 aromatic carbocycles. The fraction of sp³-hybridized carbons (Fsp3) is 0.667. The summed E-state index contributed by atoms with van der Waals surface area (Å²) in [5, 5.41) is 0. The van der Waals surface area contributed by atoms with E-state index in [9.17, 15) is 0 Å². The lowest BCUT2D eigenvalue weighted by Gasteiger charge is -2.19. The summed E-state index contributed by atoms with van der Waals surface area (Å²) >= 11 is 5.92. The average Bonchev–Trinajstić information content (AvgIpc) is 2.81. The molecule has 0 aromatic rings. The molecule has 1 aliphatic heterocycles. The Morgan fingerprint density at radius 2 is 2.58 bits per heavy atom. The Balaban J connectivity index is 2.35. The molecule has 1 unspecified atom stereocenters. The monoisotopic (exact) mass is 185 g/mol. The van der Waals surface area contributed by atoms with E-state index in [-0.39, 0.29) is 5.41 Å². The molecule has 2 aliphatic rings. The van der Waals surface area contributed by atoms with Gasteiger partial charge in [0, 0.05) is 11.3 Å². The number of allylic oxidation sites excluding steroid dienone is 1. The number of alkyl halides is 1. The molecule has 1 heterocycles. The first-order chi connectivity index (χ1) is 5.74. The third kappa shape index (κ3) is 0.845. The molecule has 2 nitrogen and oxygen atoms in total. The van der Waals surface area contributed by atoms with Crippen LogP contribution < -0.4 is 0 Å². The van der Waals surface area contributed by atoms with Crippen molar-refractivity contribution < 1.29 is 4.74 Å². The standard InChI is InChI=1S/C9H12ClNO/c1-6-7(12-2)4-11-8-3-9(6,8)5-10/h4,8H,3,5H2,1-2H3/t8?,9-/m1/s1. The van der Waals surface area contributed by atoms with Crippen LogP contribution in [0.4, 0.5) is 0 Å². The van der Waals surface area contributed by atoms with Gasteiger partial charge in [0.15, 0.2) is 0 Å². The van der Waals surface area contributed by atoms with E-state index in [4.69, 9.17) is 16.3 Å². The lowest BCUT2D eigenvalue weighted by atomic mass is 9.96. The number of halogens is 1. The van der Waals surface area contributed by atoms with Crippen LogP contribution in [0.1, 0.15) is 13.3 Å². The predicted octanol–water partition coefficient (Wildman–Crippen LogP) is 1.99. The fourth-order valence-electron chi connectivity index (χ4n) is 1.83. The molecule has 0 saturated heterocycles. The molecule has 0 spiro atoms. The molecule has 0 radical (unpaired) electrons. The molecule has 0 aromatic heterocycles. The highest BCUT2D eigenvalue weighted by atomic mass is 35.5. The van der Waals surface area contributed by atoms with Crippen LogP contribution in [-0.2, 0) is 4.74 Å². The molecule has 3 heteroatoms. The Labute approximate surface area is 77.3 Å². The minimum atomic E-state index is 0.141. The van der Waals surface area contributed by atoms with Crippen LogP contribution in [-0.4, -0.2) is 25.2 Å². The van der Waals surface area contributed by atoms with Gasteiger partial charge in [-0.2, -0.15) is 0 Å². The van der Waals surface area contributed by atoms with Gasteiger partial charge in [0.25, 0.3) is 0 Å². The molecule has 0 N–H and O–H groups in total. The highest BCUT2D eigenvalue weighted by Crippen LogP contribution is 2.57. The summed E-state index contributed by atoms with van der Waals surface area (Å²) in [7, 11) is 1.68. The number of methoxy groups -OCH3 is 1. The summed E-state index contributed by atoms with van der Waals surface area (Å²) in [5.41, 5.74) is 1.40. The molecule has 0 bridgehead atoms. The van der Waals surface area contributed by atoms with Crippen LogP contribution in [0.2, 0.25) is 0 Å². The molecular weight excluding hydrogens is 174 g/mol. The lowest BCUT2D eigenvalue weighted by molar-refractivity contribution is 0.304. The number of aliphatic imine (C=N–C) groups is 1. The summed E-state index contributed by atoms with van der Waals surface area (Å²) < 4.78 is 5.20. The minimum absolute atomic E-state index is 0.141. The second kappa shape index (κ2) is 2.49. The highest BCUT2D eigenvalue weighted by Gasteiger charge is 2.57. The van der Waals surface area contributed by atoms with Crippen LogP contribution in [0.5, 0.6) is 0 Å². The molecule has 1 fully saturated rings. The maximum atomic E-state index is 5.92. The van der Waals surface area contributed by atoms with Gasteiger partial charge in [0.05, 0.1) is 19.4 Å². The maximum Gasteiger partial charge on any atom is 0.136 e. The third-order valence-electron chi connectivity index (χ3n) is 2.98. The molecule has 2 rings (SSSR count). The predicted molar refractivity (Wildman–Crippen MR) is 49.8 cm³/mol. The summed E-state index contributed by atoms with van der Waals surface area (Å²) in [6, 6.07) is 0.425. The van der Waals surface area contributed by atoms with E-state index in [1.165, 1.54) is 5.57 Å². The Morgan fingerprint density at radius 3 is 3.17 bits per heavy atom. The second-order valence-corrected chi connectivity index (χ2v) is 3.75. The van der Waals surface area contributed by atoms with Gasteiger partial charge in [-0.15, -0.1) is 11.6 Å². The normalized spacial score (nSPS) is 38.1. The van der Waals surface area contributed by atoms with Crippen LogP contribution in [0.3, 0.4) is 0 Å². The van der Waals surface area contributed by atoms with E-state index < -0.39 is 0 Å². The third-order valence-corrected chi connectivity index (χ3v) is 3.46. The summed E-state index contributed by atoms with van der Waals surface area (Å²) in [5.74, 6) is 1.55. The summed E-state index contributed by atoms with van der Waals surface area (Å²) in [4.78, 5) is 4.36. The zero-order valence-electron chi connectivity index (χ0n) is 7.30. The zero-order valence-corrected chi connectivity index (χ0v) is 8.06. The quantitative estimate of drug-likeness (QED) is 0.603. The van der Waals surface area contributed by atoms with Gasteiger partial charge in [-0.1, -0.05) is 0 Å². The highest BCUT2D eigenvalue weighted by molar-refractivity contribution is 6.19. The average molecular weight is 186 g/mol. The van der Waals surface area contributed by atoms with E-state index >= 15 is 0 Å². The van der Waals surface area contributed by atoms with Crippen molar-refractivity contribution in [3.05, 3.63) is 11.3 Å².